The molecular formula is C29H28FN3O. The number of halogens is 1. The van der Waals surface area contributed by atoms with Crippen molar-refractivity contribution in [1.29, 1.82) is 5.26 Å². The first-order valence-corrected chi connectivity index (χ1v) is 11.9. The molecule has 1 aromatic heterocycles. The van der Waals surface area contributed by atoms with Crippen LogP contribution in [-0.2, 0) is 16.6 Å². The number of Topliss-reactive ketones (excluding diaryl/α,β-unsaturated/α-hetero) is 1. The monoisotopic (exact) mass is 453 g/mol. The average molecular weight is 454 g/mol. The molecular weight excluding hydrogens is 425 g/mol. The predicted octanol–water partition coefficient (Wildman–Crippen LogP) is 6.29. The van der Waals surface area contributed by atoms with E-state index >= 15 is 0 Å². The molecule has 0 fully saturated rings. The number of aromatic nitrogens is 2. The maximum Gasteiger partial charge on any atom is 0.176 e. The zero-order valence-corrected chi connectivity index (χ0v) is 20.0. The third kappa shape index (κ3) is 3.32. The number of ketones is 1. The van der Waals surface area contributed by atoms with Crippen LogP contribution in [0.15, 0.2) is 60.2 Å². The van der Waals surface area contributed by atoms with E-state index in [1.807, 2.05) is 31.2 Å². The van der Waals surface area contributed by atoms with E-state index in [0.29, 0.717) is 5.92 Å². The van der Waals surface area contributed by atoms with E-state index in [9.17, 15) is 14.4 Å². The second-order valence-corrected chi connectivity index (χ2v) is 10.1. The molecule has 0 N–H and O–H groups in total. The van der Waals surface area contributed by atoms with Gasteiger partial charge in [-0.3, -0.25) is 9.36 Å². The Labute approximate surface area is 199 Å². The highest BCUT2D eigenvalue weighted by Crippen LogP contribution is 2.50. The number of hydrogen-bond acceptors (Lipinski definition) is 3. The molecule has 0 spiro atoms. The molecule has 1 heterocycles. The standard InChI is InChI=1S/C29H28FN3O/c1-17(2)19-7-5-8-20(13-19)28-32-27-25(33(28)23-10-6-9-22(30)14-23)12-11-24-18(3)26(34)21(16-31)15-29(24,27)4/h5-10,13-15,17-18,24H,11-12H2,1-4H3/t18-,24-,29-/m1/s1. The van der Waals surface area contributed by atoms with Crippen LogP contribution < -0.4 is 0 Å². The molecule has 172 valence electrons. The second kappa shape index (κ2) is 8.06. The molecule has 2 aliphatic rings. The molecule has 2 aliphatic carbocycles. The topological polar surface area (TPSA) is 58.7 Å². The van der Waals surface area contributed by atoms with Crippen LogP contribution in [-0.4, -0.2) is 15.3 Å². The van der Waals surface area contributed by atoms with Crippen LogP contribution in [0, 0.1) is 29.0 Å². The van der Waals surface area contributed by atoms with Crippen LogP contribution in [0.25, 0.3) is 17.1 Å². The number of rotatable bonds is 3. The summed E-state index contributed by atoms with van der Waals surface area (Å²) in [5.41, 5.74) is 4.46. The van der Waals surface area contributed by atoms with Crippen molar-refractivity contribution >= 4 is 5.78 Å². The zero-order valence-electron chi connectivity index (χ0n) is 20.0. The number of nitrogens with zero attached hydrogens (tertiary/aromatic N) is 3. The van der Waals surface area contributed by atoms with Crippen LogP contribution in [0.5, 0.6) is 0 Å². The molecule has 5 rings (SSSR count). The first kappa shape index (κ1) is 22.3. The van der Waals surface area contributed by atoms with Gasteiger partial charge in [-0.25, -0.2) is 9.37 Å². The van der Waals surface area contributed by atoms with Crippen molar-refractivity contribution < 1.29 is 9.18 Å². The van der Waals surface area contributed by atoms with E-state index < -0.39 is 5.41 Å². The molecule has 3 aromatic rings. The molecule has 34 heavy (non-hydrogen) atoms. The average Bonchev–Trinajstić information content (AvgIpc) is 3.22. The Morgan fingerprint density at radius 3 is 2.68 bits per heavy atom. The van der Waals surface area contributed by atoms with Gasteiger partial charge in [0.2, 0.25) is 0 Å². The van der Waals surface area contributed by atoms with E-state index in [2.05, 4.69) is 43.5 Å². The highest BCUT2D eigenvalue weighted by atomic mass is 19.1. The van der Waals surface area contributed by atoms with E-state index in [1.54, 1.807) is 6.07 Å². The molecule has 5 heteroatoms. The van der Waals surface area contributed by atoms with Gasteiger partial charge in [-0.1, -0.05) is 58.0 Å². The summed E-state index contributed by atoms with van der Waals surface area (Å²) in [6.07, 6.45) is 3.36. The fraction of sp³-hybridized carbons (Fsp3) is 0.345. The van der Waals surface area contributed by atoms with Crippen LogP contribution in [0.1, 0.15) is 57.0 Å². The van der Waals surface area contributed by atoms with E-state index in [4.69, 9.17) is 4.98 Å². The first-order chi connectivity index (χ1) is 16.2. The normalized spacial score (nSPS) is 23.8. The number of benzene rings is 2. The van der Waals surface area contributed by atoms with E-state index in [-0.39, 0.29) is 29.0 Å². The Morgan fingerprint density at radius 2 is 1.97 bits per heavy atom. The molecule has 2 aromatic carbocycles. The van der Waals surface area contributed by atoms with Gasteiger partial charge in [0.25, 0.3) is 0 Å². The molecule has 0 saturated heterocycles. The van der Waals surface area contributed by atoms with Gasteiger partial charge in [-0.15, -0.1) is 0 Å². The summed E-state index contributed by atoms with van der Waals surface area (Å²) < 4.78 is 16.4. The molecule has 0 unspecified atom stereocenters. The minimum atomic E-state index is -0.547. The maximum atomic E-state index is 14.3. The lowest BCUT2D eigenvalue weighted by Gasteiger charge is -2.44. The Balaban J connectivity index is 1.80. The quantitative estimate of drug-likeness (QED) is 0.468. The SMILES string of the molecule is CC(C)c1cccc(-c2nc3c(n2-c2cccc(F)c2)CC[C@@H]2[C@@H](C)C(=O)C(C#N)=C[C@@]32C)c1. The summed E-state index contributed by atoms with van der Waals surface area (Å²) in [5, 5.41) is 9.65. The fourth-order valence-electron chi connectivity index (χ4n) is 5.84. The Morgan fingerprint density at radius 1 is 1.21 bits per heavy atom. The van der Waals surface area contributed by atoms with Crippen molar-refractivity contribution in [3.05, 3.63) is 82.9 Å². The van der Waals surface area contributed by atoms with Crippen LogP contribution in [0.2, 0.25) is 0 Å². The number of fused-ring (bicyclic) bond motifs is 3. The Kier molecular flexibility index (Phi) is 5.28. The lowest BCUT2D eigenvalue weighted by Crippen LogP contribution is -2.45. The highest BCUT2D eigenvalue weighted by molar-refractivity contribution is 6.02. The highest BCUT2D eigenvalue weighted by Gasteiger charge is 2.50. The number of nitriles is 1. The summed E-state index contributed by atoms with van der Waals surface area (Å²) >= 11 is 0. The predicted molar refractivity (Wildman–Crippen MR) is 130 cm³/mol. The smallest absolute Gasteiger partial charge is 0.176 e. The number of imidazole rings is 1. The number of allylic oxidation sites excluding steroid dienone is 2. The first-order valence-electron chi connectivity index (χ1n) is 11.9. The van der Waals surface area contributed by atoms with E-state index in [1.165, 1.54) is 17.7 Å². The number of carbonyl (C=O) groups is 1. The summed E-state index contributed by atoms with van der Waals surface area (Å²) in [6, 6.07) is 17.0. The molecule has 0 amide bonds. The van der Waals surface area contributed by atoms with E-state index in [0.717, 1.165) is 41.3 Å². The molecule has 4 nitrogen and oxygen atoms in total. The van der Waals surface area contributed by atoms with Crippen LogP contribution in [0.4, 0.5) is 4.39 Å². The van der Waals surface area contributed by atoms with Crippen molar-refractivity contribution in [2.24, 2.45) is 11.8 Å². The van der Waals surface area contributed by atoms with Crippen LogP contribution >= 0.6 is 0 Å². The van der Waals surface area contributed by atoms with Gasteiger partial charge >= 0.3 is 0 Å². The molecule has 0 bridgehead atoms. The number of carbonyl (C=O) groups excluding carboxylic acids is 1. The lowest BCUT2D eigenvalue weighted by atomic mass is 9.58. The summed E-state index contributed by atoms with van der Waals surface area (Å²) in [5.74, 6) is 0.560. The largest absolute Gasteiger partial charge is 0.296 e. The van der Waals surface area contributed by atoms with Crippen molar-refractivity contribution in [1.82, 2.24) is 9.55 Å². The molecule has 3 atom stereocenters. The minimum Gasteiger partial charge on any atom is -0.296 e. The third-order valence-corrected chi connectivity index (χ3v) is 7.67. The maximum absolute atomic E-state index is 14.3. The lowest BCUT2D eigenvalue weighted by molar-refractivity contribution is -0.121. The number of hydrogen-bond donors (Lipinski definition) is 0. The molecule has 0 aliphatic heterocycles. The second-order valence-electron chi connectivity index (χ2n) is 10.1. The van der Waals surface area contributed by atoms with Gasteiger partial charge in [-0.2, -0.15) is 5.26 Å². The summed E-state index contributed by atoms with van der Waals surface area (Å²) in [7, 11) is 0. The minimum absolute atomic E-state index is 0.0651. The van der Waals surface area contributed by atoms with Crippen molar-refractivity contribution in [2.75, 3.05) is 0 Å². The van der Waals surface area contributed by atoms with Crippen LogP contribution in [0.3, 0.4) is 0 Å². The van der Waals surface area contributed by atoms with Crippen molar-refractivity contribution in [2.45, 2.75) is 51.9 Å². The van der Waals surface area contributed by atoms with Gasteiger partial charge in [0.05, 0.1) is 17.0 Å². The van der Waals surface area contributed by atoms with Crippen molar-refractivity contribution in [3.63, 3.8) is 0 Å². The van der Waals surface area contributed by atoms with Gasteiger partial charge < -0.3 is 0 Å². The Bertz CT molecular complexity index is 1380. The van der Waals surface area contributed by atoms with Gasteiger partial charge in [0.15, 0.2) is 5.78 Å². The van der Waals surface area contributed by atoms with Gasteiger partial charge in [-0.05, 0) is 54.5 Å². The van der Waals surface area contributed by atoms with Gasteiger partial charge in [0, 0.05) is 22.6 Å². The Hall–Kier alpha value is -3.52. The van der Waals surface area contributed by atoms with Gasteiger partial charge in [0.1, 0.15) is 17.7 Å². The summed E-state index contributed by atoms with van der Waals surface area (Å²) in [4.78, 5) is 17.9. The summed E-state index contributed by atoms with van der Waals surface area (Å²) in [6.45, 7) is 8.33. The fourth-order valence-corrected chi connectivity index (χ4v) is 5.84. The zero-order chi connectivity index (χ0) is 24.2. The molecule has 0 radical (unpaired) electrons. The van der Waals surface area contributed by atoms with Crippen molar-refractivity contribution in [3.8, 4) is 23.1 Å². The molecule has 0 saturated carbocycles. The third-order valence-electron chi connectivity index (χ3n) is 7.67.